The van der Waals surface area contributed by atoms with Crippen molar-refractivity contribution in [3.8, 4) is 0 Å². The second-order valence-electron chi connectivity index (χ2n) is 4.41. The number of rotatable bonds is 7. The van der Waals surface area contributed by atoms with Gasteiger partial charge in [-0.2, -0.15) is 0 Å². The molecule has 0 aliphatic rings. The predicted molar refractivity (Wildman–Crippen MR) is 76.3 cm³/mol. The lowest BCUT2D eigenvalue weighted by Crippen LogP contribution is -2.42. The van der Waals surface area contributed by atoms with E-state index in [9.17, 15) is 4.79 Å². The number of carbonyl (C=O) groups is 1. The summed E-state index contributed by atoms with van der Waals surface area (Å²) in [4.78, 5) is 14.2. The minimum atomic E-state index is -0.185. The molecule has 1 amide bonds. The van der Waals surface area contributed by atoms with Crippen LogP contribution in [0.5, 0.6) is 0 Å². The van der Waals surface area contributed by atoms with Gasteiger partial charge in [0, 0.05) is 19.6 Å². The molecule has 0 aromatic carbocycles. The molecule has 0 aliphatic carbocycles. The van der Waals surface area contributed by atoms with Crippen molar-refractivity contribution in [3.63, 3.8) is 0 Å². The molecule has 106 valence electrons. The number of aromatic nitrogens is 2. The van der Waals surface area contributed by atoms with E-state index in [1.165, 1.54) is 0 Å². The van der Waals surface area contributed by atoms with E-state index < -0.39 is 0 Å². The first-order chi connectivity index (χ1) is 9.10. The lowest BCUT2D eigenvalue weighted by atomic mass is 10.2. The standard InChI is InChI=1S/C13H23N5O/c1-5-18(6-2)9-10(3)15-13(19)11-7-8-12(14-4)17-16-11/h7-8,10H,5-6,9H2,1-4H3,(H,14,17)(H,15,19). The third kappa shape index (κ3) is 4.82. The molecule has 1 aromatic rings. The Bertz CT molecular complexity index is 389. The summed E-state index contributed by atoms with van der Waals surface area (Å²) in [5.74, 6) is 0.461. The van der Waals surface area contributed by atoms with Crippen LogP contribution in [0.25, 0.3) is 0 Å². The molecule has 0 bridgehead atoms. The first-order valence-corrected chi connectivity index (χ1v) is 6.65. The van der Waals surface area contributed by atoms with Gasteiger partial charge < -0.3 is 15.5 Å². The van der Waals surface area contributed by atoms with Gasteiger partial charge in [0.25, 0.3) is 5.91 Å². The predicted octanol–water partition coefficient (Wildman–Crippen LogP) is 0.978. The summed E-state index contributed by atoms with van der Waals surface area (Å²) in [6.45, 7) is 9.01. The van der Waals surface area contributed by atoms with Crippen LogP contribution < -0.4 is 10.6 Å². The normalized spacial score (nSPS) is 12.3. The summed E-state index contributed by atoms with van der Waals surface area (Å²) in [5.41, 5.74) is 0.338. The van der Waals surface area contributed by atoms with Gasteiger partial charge in [-0.15, -0.1) is 10.2 Å². The lowest BCUT2D eigenvalue weighted by Gasteiger charge is -2.23. The number of likely N-dealkylation sites (N-methyl/N-ethyl adjacent to an activating group) is 1. The highest BCUT2D eigenvalue weighted by molar-refractivity contribution is 5.92. The molecule has 0 saturated carbocycles. The molecule has 1 rings (SSSR count). The first kappa shape index (κ1) is 15.4. The number of amides is 1. The van der Waals surface area contributed by atoms with E-state index in [0.717, 1.165) is 19.6 Å². The van der Waals surface area contributed by atoms with Gasteiger partial charge in [-0.25, -0.2) is 0 Å². The second kappa shape index (κ2) is 7.68. The number of hydrogen-bond donors (Lipinski definition) is 2. The van der Waals surface area contributed by atoms with Crippen molar-refractivity contribution in [1.82, 2.24) is 20.4 Å². The molecule has 0 spiro atoms. The minimum absolute atomic E-state index is 0.0816. The summed E-state index contributed by atoms with van der Waals surface area (Å²) in [7, 11) is 1.76. The highest BCUT2D eigenvalue weighted by Crippen LogP contribution is 2.01. The van der Waals surface area contributed by atoms with E-state index in [1.54, 1.807) is 19.2 Å². The highest BCUT2D eigenvalue weighted by Gasteiger charge is 2.13. The molecular weight excluding hydrogens is 242 g/mol. The second-order valence-corrected chi connectivity index (χ2v) is 4.41. The van der Waals surface area contributed by atoms with Crippen molar-refractivity contribution in [3.05, 3.63) is 17.8 Å². The fraction of sp³-hybridized carbons (Fsp3) is 0.615. The average Bonchev–Trinajstić information content (AvgIpc) is 2.44. The van der Waals surface area contributed by atoms with Crippen LogP contribution in [0.1, 0.15) is 31.3 Å². The van der Waals surface area contributed by atoms with Gasteiger partial charge in [0.1, 0.15) is 5.82 Å². The van der Waals surface area contributed by atoms with Gasteiger partial charge in [0.15, 0.2) is 5.69 Å². The van der Waals surface area contributed by atoms with Crippen molar-refractivity contribution in [2.75, 3.05) is 32.0 Å². The van der Waals surface area contributed by atoms with Gasteiger partial charge >= 0.3 is 0 Å². The molecular formula is C13H23N5O. The summed E-state index contributed by atoms with van der Waals surface area (Å²) in [6.07, 6.45) is 0. The third-order valence-electron chi connectivity index (χ3n) is 2.96. The van der Waals surface area contributed by atoms with E-state index in [-0.39, 0.29) is 11.9 Å². The van der Waals surface area contributed by atoms with E-state index in [0.29, 0.717) is 11.5 Å². The lowest BCUT2D eigenvalue weighted by molar-refractivity contribution is 0.0924. The van der Waals surface area contributed by atoms with Crippen LogP contribution in [0.4, 0.5) is 5.82 Å². The quantitative estimate of drug-likeness (QED) is 0.769. The fourth-order valence-electron chi connectivity index (χ4n) is 1.80. The summed E-state index contributed by atoms with van der Waals surface area (Å²) in [6, 6.07) is 3.48. The number of nitrogens with one attached hydrogen (secondary N) is 2. The molecule has 6 heteroatoms. The zero-order valence-corrected chi connectivity index (χ0v) is 12.1. The fourth-order valence-corrected chi connectivity index (χ4v) is 1.80. The maximum absolute atomic E-state index is 12.0. The van der Waals surface area contributed by atoms with E-state index in [2.05, 4.69) is 39.6 Å². The molecule has 1 atom stereocenters. The molecule has 1 heterocycles. The van der Waals surface area contributed by atoms with Gasteiger partial charge in [0.2, 0.25) is 0 Å². The zero-order valence-electron chi connectivity index (χ0n) is 12.1. The summed E-state index contributed by atoms with van der Waals surface area (Å²) >= 11 is 0. The van der Waals surface area contributed by atoms with Crippen molar-refractivity contribution in [2.45, 2.75) is 26.8 Å². The van der Waals surface area contributed by atoms with Crippen molar-refractivity contribution in [1.29, 1.82) is 0 Å². The topological polar surface area (TPSA) is 70.2 Å². The average molecular weight is 265 g/mol. The number of carbonyl (C=O) groups excluding carboxylic acids is 1. The molecule has 1 unspecified atom stereocenters. The van der Waals surface area contributed by atoms with Crippen LogP contribution in [-0.2, 0) is 0 Å². The Kier molecular flexibility index (Phi) is 6.21. The largest absolute Gasteiger partial charge is 0.372 e. The van der Waals surface area contributed by atoms with Crippen molar-refractivity contribution >= 4 is 11.7 Å². The molecule has 1 aromatic heterocycles. The molecule has 0 fully saturated rings. The van der Waals surface area contributed by atoms with E-state index in [4.69, 9.17) is 0 Å². The Morgan fingerprint density at radius 1 is 1.32 bits per heavy atom. The van der Waals surface area contributed by atoms with Crippen LogP contribution in [0.15, 0.2) is 12.1 Å². The SMILES string of the molecule is CCN(CC)CC(C)NC(=O)c1ccc(NC)nn1. The number of hydrogen-bond acceptors (Lipinski definition) is 5. The van der Waals surface area contributed by atoms with Crippen molar-refractivity contribution in [2.24, 2.45) is 0 Å². The van der Waals surface area contributed by atoms with Crippen LogP contribution in [0.2, 0.25) is 0 Å². The Balaban J connectivity index is 2.53. The molecule has 19 heavy (non-hydrogen) atoms. The smallest absolute Gasteiger partial charge is 0.272 e. The first-order valence-electron chi connectivity index (χ1n) is 6.65. The number of anilines is 1. The molecule has 0 radical (unpaired) electrons. The number of nitrogens with zero attached hydrogens (tertiary/aromatic N) is 3. The Morgan fingerprint density at radius 2 is 2.00 bits per heavy atom. The maximum Gasteiger partial charge on any atom is 0.272 e. The monoisotopic (exact) mass is 265 g/mol. The van der Waals surface area contributed by atoms with E-state index >= 15 is 0 Å². The third-order valence-corrected chi connectivity index (χ3v) is 2.96. The zero-order chi connectivity index (χ0) is 14.3. The Hall–Kier alpha value is -1.69. The summed E-state index contributed by atoms with van der Waals surface area (Å²) < 4.78 is 0. The van der Waals surface area contributed by atoms with E-state index in [1.807, 2.05) is 6.92 Å². The Labute approximate surface area is 114 Å². The molecule has 0 aliphatic heterocycles. The van der Waals surface area contributed by atoms with Crippen LogP contribution in [-0.4, -0.2) is 53.7 Å². The van der Waals surface area contributed by atoms with Crippen molar-refractivity contribution < 1.29 is 4.79 Å². The minimum Gasteiger partial charge on any atom is -0.372 e. The summed E-state index contributed by atoms with van der Waals surface area (Å²) in [5, 5.41) is 13.6. The molecule has 6 nitrogen and oxygen atoms in total. The van der Waals surface area contributed by atoms with Crippen LogP contribution >= 0.6 is 0 Å². The van der Waals surface area contributed by atoms with Gasteiger partial charge in [-0.1, -0.05) is 13.8 Å². The molecule has 0 saturated heterocycles. The van der Waals surface area contributed by atoms with Gasteiger partial charge in [-0.05, 0) is 32.1 Å². The Morgan fingerprint density at radius 3 is 2.47 bits per heavy atom. The van der Waals surface area contributed by atoms with Gasteiger partial charge in [-0.3, -0.25) is 4.79 Å². The molecule has 2 N–H and O–H groups in total. The highest BCUT2D eigenvalue weighted by atomic mass is 16.2. The van der Waals surface area contributed by atoms with Gasteiger partial charge in [0.05, 0.1) is 0 Å². The van der Waals surface area contributed by atoms with Crippen LogP contribution in [0.3, 0.4) is 0 Å². The van der Waals surface area contributed by atoms with Crippen LogP contribution in [0, 0.1) is 0 Å². The maximum atomic E-state index is 12.0.